The average Bonchev–Trinajstić information content (AvgIpc) is 2.32. The zero-order valence-electron chi connectivity index (χ0n) is 10.1. The molecule has 0 heterocycles. The number of hydrogen-bond donors (Lipinski definition) is 2. The standard InChI is InChI=1S/C14H11BrFNO2/c1-8-2-4-10(13(18)6-8)14(19)17-12-5-3-9(15)7-11(12)16/h2-7,18H,1H3,(H,17,19). The van der Waals surface area contributed by atoms with Gasteiger partial charge in [-0.3, -0.25) is 4.79 Å². The van der Waals surface area contributed by atoms with Gasteiger partial charge < -0.3 is 10.4 Å². The number of carbonyl (C=O) groups excluding carboxylic acids is 1. The largest absolute Gasteiger partial charge is 0.507 e. The second kappa shape index (κ2) is 5.40. The quantitative estimate of drug-likeness (QED) is 0.881. The second-order valence-corrected chi connectivity index (χ2v) is 5.01. The molecule has 2 aromatic rings. The summed E-state index contributed by atoms with van der Waals surface area (Å²) in [6, 6.07) is 9.00. The molecule has 0 radical (unpaired) electrons. The lowest BCUT2D eigenvalue weighted by Gasteiger charge is -2.08. The van der Waals surface area contributed by atoms with Crippen LogP contribution in [0.5, 0.6) is 5.75 Å². The lowest BCUT2D eigenvalue weighted by molar-refractivity contribution is 0.102. The molecule has 0 bridgehead atoms. The highest BCUT2D eigenvalue weighted by atomic mass is 79.9. The predicted octanol–water partition coefficient (Wildman–Crippen LogP) is 3.85. The van der Waals surface area contributed by atoms with E-state index >= 15 is 0 Å². The maximum atomic E-state index is 13.6. The number of benzene rings is 2. The number of aromatic hydroxyl groups is 1. The Kier molecular flexibility index (Phi) is 3.85. The fourth-order valence-corrected chi connectivity index (χ4v) is 1.95. The van der Waals surface area contributed by atoms with Crippen molar-refractivity contribution in [1.82, 2.24) is 0 Å². The van der Waals surface area contributed by atoms with E-state index in [9.17, 15) is 14.3 Å². The number of carbonyl (C=O) groups is 1. The van der Waals surface area contributed by atoms with Crippen LogP contribution < -0.4 is 5.32 Å². The highest BCUT2D eigenvalue weighted by Crippen LogP contribution is 2.23. The van der Waals surface area contributed by atoms with E-state index in [0.29, 0.717) is 4.47 Å². The van der Waals surface area contributed by atoms with Crippen LogP contribution in [-0.2, 0) is 0 Å². The summed E-state index contributed by atoms with van der Waals surface area (Å²) in [6.07, 6.45) is 0. The maximum absolute atomic E-state index is 13.6. The summed E-state index contributed by atoms with van der Waals surface area (Å²) in [4.78, 5) is 11.9. The van der Waals surface area contributed by atoms with Crippen molar-refractivity contribution in [3.63, 3.8) is 0 Å². The zero-order chi connectivity index (χ0) is 14.0. The van der Waals surface area contributed by atoms with Crippen molar-refractivity contribution >= 4 is 27.5 Å². The molecule has 0 aliphatic carbocycles. The molecule has 0 spiro atoms. The van der Waals surface area contributed by atoms with E-state index in [1.54, 1.807) is 19.1 Å². The summed E-state index contributed by atoms with van der Waals surface area (Å²) in [6.45, 7) is 1.80. The topological polar surface area (TPSA) is 49.3 Å². The fraction of sp³-hybridized carbons (Fsp3) is 0.0714. The molecule has 19 heavy (non-hydrogen) atoms. The van der Waals surface area contributed by atoms with E-state index in [4.69, 9.17) is 0 Å². The van der Waals surface area contributed by atoms with Crippen LogP contribution in [0, 0.1) is 12.7 Å². The molecule has 2 aromatic carbocycles. The number of anilines is 1. The summed E-state index contributed by atoms with van der Waals surface area (Å²) in [5.74, 6) is -1.23. The van der Waals surface area contributed by atoms with Gasteiger partial charge in [0, 0.05) is 4.47 Å². The third-order valence-electron chi connectivity index (χ3n) is 2.58. The van der Waals surface area contributed by atoms with Gasteiger partial charge in [0.2, 0.25) is 0 Å². The summed E-state index contributed by atoms with van der Waals surface area (Å²) in [5.41, 5.74) is 1.00. The number of halogens is 2. The number of phenolic OH excluding ortho intramolecular Hbond substituents is 1. The first kappa shape index (κ1) is 13.5. The molecule has 5 heteroatoms. The third-order valence-corrected chi connectivity index (χ3v) is 3.07. The molecule has 0 fully saturated rings. The molecule has 0 saturated heterocycles. The van der Waals surface area contributed by atoms with E-state index in [2.05, 4.69) is 21.2 Å². The number of aryl methyl sites for hydroxylation is 1. The van der Waals surface area contributed by atoms with Crippen molar-refractivity contribution in [2.45, 2.75) is 6.92 Å². The molecular weight excluding hydrogens is 313 g/mol. The first-order valence-corrected chi connectivity index (χ1v) is 6.32. The van der Waals surface area contributed by atoms with Gasteiger partial charge in [0.25, 0.3) is 5.91 Å². The number of rotatable bonds is 2. The van der Waals surface area contributed by atoms with Crippen LogP contribution in [-0.4, -0.2) is 11.0 Å². The lowest BCUT2D eigenvalue weighted by atomic mass is 10.1. The first-order chi connectivity index (χ1) is 8.97. The van der Waals surface area contributed by atoms with Crippen molar-refractivity contribution in [3.05, 3.63) is 57.8 Å². The first-order valence-electron chi connectivity index (χ1n) is 5.53. The zero-order valence-corrected chi connectivity index (χ0v) is 11.7. The highest BCUT2D eigenvalue weighted by molar-refractivity contribution is 9.10. The Bertz CT molecular complexity index is 643. The van der Waals surface area contributed by atoms with Crippen LogP contribution in [0.25, 0.3) is 0 Å². The van der Waals surface area contributed by atoms with E-state index in [0.717, 1.165) is 5.56 Å². The predicted molar refractivity (Wildman–Crippen MR) is 74.9 cm³/mol. The molecule has 2 N–H and O–H groups in total. The van der Waals surface area contributed by atoms with Crippen LogP contribution in [0.3, 0.4) is 0 Å². The minimum atomic E-state index is -0.557. The van der Waals surface area contributed by atoms with Gasteiger partial charge in [0.15, 0.2) is 0 Å². The summed E-state index contributed by atoms with van der Waals surface area (Å²) >= 11 is 3.13. The normalized spacial score (nSPS) is 10.3. The van der Waals surface area contributed by atoms with E-state index in [1.165, 1.54) is 24.3 Å². The molecular formula is C14H11BrFNO2. The molecule has 0 unspecified atom stereocenters. The van der Waals surface area contributed by atoms with Crippen LogP contribution >= 0.6 is 15.9 Å². The molecule has 0 atom stereocenters. The van der Waals surface area contributed by atoms with Crippen molar-refractivity contribution in [3.8, 4) is 5.75 Å². The van der Waals surface area contributed by atoms with Crippen LogP contribution in [0.4, 0.5) is 10.1 Å². The van der Waals surface area contributed by atoms with Crippen LogP contribution in [0.15, 0.2) is 40.9 Å². The minimum absolute atomic E-state index is 0.0631. The van der Waals surface area contributed by atoms with E-state index in [-0.39, 0.29) is 17.0 Å². The van der Waals surface area contributed by atoms with Crippen molar-refractivity contribution < 1.29 is 14.3 Å². The Labute approximate surface area is 118 Å². The monoisotopic (exact) mass is 323 g/mol. The van der Waals surface area contributed by atoms with Gasteiger partial charge in [-0.15, -0.1) is 0 Å². The summed E-state index contributed by atoms with van der Waals surface area (Å²) in [7, 11) is 0. The molecule has 0 aromatic heterocycles. The molecule has 2 rings (SSSR count). The van der Waals surface area contributed by atoms with Crippen molar-refractivity contribution in [1.29, 1.82) is 0 Å². The fourth-order valence-electron chi connectivity index (χ4n) is 1.61. The van der Waals surface area contributed by atoms with Gasteiger partial charge in [-0.1, -0.05) is 22.0 Å². The number of phenols is 1. The van der Waals surface area contributed by atoms with Crippen LogP contribution in [0.2, 0.25) is 0 Å². The molecule has 3 nitrogen and oxygen atoms in total. The molecule has 0 saturated carbocycles. The maximum Gasteiger partial charge on any atom is 0.259 e. The van der Waals surface area contributed by atoms with Gasteiger partial charge in [0.05, 0.1) is 11.3 Å². The summed E-state index contributed by atoms with van der Waals surface area (Å²) < 4.78 is 14.2. The Balaban J connectivity index is 2.25. The molecule has 0 aliphatic rings. The summed E-state index contributed by atoms with van der Waals surface area (Å²) in [5, 5.41) is 12.1. The number of amides is 1. The van der Waals surface area contributed by atoms with Crippen LogP contribution in [0.1, 0.15) is 15.9 Å². The van der Waals surface area contributed by atoms with Crippen molar-refractivity contribution in [2.75, 3.05) is 5.32 Å². The van der Waals surface area contributed by atoms with Gasteiger partial charge in [-0.05, 0) is 42.8 Å². The Hall–Kier alpha value is -1.88. The highest BCUT2D eigenvalue weighted by Gasteiger charge is 2.13. The van der Waals surface area contributed by atoms with E-state index < -0.39 is 11.7 Å². The minimum Gasteiger partial charge on any atom is -0.507 e. The SMILES string of the molecule is Cc1ccc(C(=O)Nc2ccc(Br)cc2F)c(O)c1. The molecule has 98 valence electrons. The van der Waals surface area contributed by atoms with E-state index in [1.807, 2.05) is 0 Å². The smallest absolute Gasteiger partial charge is 0.259 e. The Morgan fingerprint density at radius 3 is 2.63 bits per heavy atom. The van der Waals surface area contributed by atoms with Gasteiger partial charge in [-0.25, -0.2) is 4.39 Å². The molecule has 1 amide bonds. The lowest BCUT2D eigenvalue weighted by Crippen LogP contribution is -2.13. The van der Waals surface area contributed by atoms with Gasteiger partial charge >= 0.3 is 0 Å². The molecule has 0 aliphatic heterocycles. The van der Waals surface area contributed by atoms with Crippen molar-refractivity contribution in [2.24, 2.45) is 0 Å². The Morgan fingerprint density at radius 2 is 2.00 bits per heavy atom. The average molecular weight is 324 g/mol. The van der Waals surface area contributed by atoms with Gasteiger partial charge in [-0.2, -0.15) is 0 Å². The number of hydrogen-bond acceptors (Lipinski definition) is 2. The third kappa shape index (κ3) is 3.12. The van der Waals surface area contributed by atoms with Gasteiger partial charge in [0.1, 0.15) is 11.6 Å². The second-order valence-electron chi connectivity index (χ2n) is 4.10. The number of nitrogens with one attached hydrogen (secondary N) is 1. The Morgan fingerprint density at radius 1 is 1.26 bits per heavy atom.